The molecule has 6 atom stereocenters. The number of β-lactam (4-membered cyclic amide) rings is 1. The molecular formula is C34H45N3O13S. The maximum Gasteiger partial charge on any atom is 0.511 e. The smallest absolute Gasteiger partial charge is 0.428 e. The summed E-state index contributed by atoms with van der Waals surface area (Å²) >= 11 is 1.34. The van der Waals surface area contributed by atoms with Gasteiger partial charge in [-0.2, -0.15) is 0 Å². The zero-order valence-electron chi connectivity index (χ0n) is 29.8. The first kappa shape index (κ1) is 39.4. The Morgan fingerprint density at radius 2 is 1.55 bits per heavy atom. The lowest BCUT2D eigenvalue weighted by atomic mass is 9.79. The second-order valence-electron chi connectivity index (χ2n) is 14.3. The predicted octanol–water partition coefficient (Wildman–Crippen LogP) is 3.68. The van der Waals surface area contributed by atoms with Crippen LogP contribution in [0.25, 0.3) is 0 Å². The Hall–Kier alpha value is -4.35. The van der Waals surface area contributed by atoms with Gasteiger partial charge < -0.3 is 49.1 Å². The van der Waals surface area contributed by atoms with Gasteiger partial charge in [-0.25, -0.2) is 19.2 Å². The molecule has 0 aliphatic carbocycles. The van der Waals surface area contributed by atoms with E-state index in [-0.39, 0.29) is 28.3 Å². The Labute approximate surface area is 299 Å². The highest BCUT2D eigenvalue weighted by Gasteiger charge is 2.60. The molecule has 3 aliphatic heterocycles. The number of nitrogens with zero attached hydrogens (tertiary/aromatic N) is 1. The normalized spacial score (nSPS) is 23.4. The fourth-order valence-electron chi connectivity index (χ4n) is 5.77. The minimum Gasteiger partial charge on any atom is -0.428 e. The second-order valence-corrected chi connectivity index (χ2v) is 15.6. The van der Waals surface area contributed by atoms with E-state index in [0.717, 1.165) is 0 Å². The average molecular weight is 736 g/mol. The van der Waals surface area contributed by atoms with Crippen LogP contribution in [0, 0.1) is 11.8 Å². The summed E-state index contributed by atoms with van der Waals surface area (Å²) in [4.78, 5) is 77.6. The summed E-state index contributed by atoms with van der Waals surface area (Å²) in [6.45, 7) is 12.3. The third-order valence-electron chi connectivity index (χ3n) is 7.88. The minimum atomic E-state index is -1.02. The second kappa shape index (κ2) is 15.9. The molecule has 0 bridgehead atoms. The van der Waals surface area contributed by atoms with E-state index < -0.39 is 79.1 Å². The topological polar surface area (TPSA) is 205 Å². The van der Waals surface area contributed by atoms with E-state index in [1.54, 1.807) is 53.7 Å². The number of nitrogens with one attached hydrogen (secondary N) is 2. The number of rotatable bonds is 11. The molecule has 1 aromatic carbocycles. The van der Waals surface area contributed by atoms with Gasteiger partial charge in [0.05, 0.1) is 29.7 Å². The van der Waals surface area contributed by atoms with Crippen molar-refractivity contribution in [1.29, 1.82) is 0 Å². The SMILES string of the molecule is C[C@@H](O)[C@H]1C(=O)N2C(C(=O)OCOC(=O)OC(C)(C)C)=C(S[C@@H]3CN[C@H](C(=O)Nc4cccc(C(=O)OCOC(=O)OC(C)(C)C)c4)C3)[C@H](C)[C@H]12. The number of anilines is 1. The molecule has 17 heteroatoms. The van der Waals surface area contributed by atoms with Crippen molar-refractivity contribution in [3.05, 3.63) is 40.4 Å². The molecule has 51 heavy (non-hydrogen) atoms. The largest absolute Gasteiger partial charge is 0.511 e. The van der Waals surface area contributed by atoms with E-state index in [9.17, 15) is 33.9 Å². The lowest BCUT2D eigenvalue weighted by Crippen LogP contribution is -2.63. The van der Waals surface area contributed by atoms with E-state index in [2.05, 4.69) is 10.6 Å². The van der Waals surface area contributed by atoms with Gasteiger partial charge in [-0.05, 0) is 73.1 Å². The van der Waals surface area contributed by atoms with Gasteiger partial charge in [-0.1, -0.05) is 13.0 Å². The van der Waals surface area contributed by atoms with Crippen LogP contribution >= 0.6 is 11.8 Å². The molecule has 2 amide bonds. The zero-order valence-corrected chi connectivity index (χ0v) is 30.6. The summed E-state index contributed by atoms with van der Waals surface area (Å²) in [6.07, 6.45) is -2.59. The molecule has 1 aromatic rings. The maximum absolute atomic E-state index is 13.3. The fourth-order valence-corrected chi connectivity index (χ4v) is 7.24. The molecule has 2 saturated heterocycles. The number of carbonyl (C=O) groups is 6. The van der Waals surface area contributed by atoms with Crippen molar-refractivity contribution < 1.29 is 62.3 Å². The van der Waals surface area contributed by atoms with Crippen LogP contribution in [0.1, 0.15) is 72.2 Å². The molecule has 3 N–H and O–H groups in total. The van der Waals surface area contributed by atoms with Crippen LogP contribution in [0.2, 0.25) is 0 Å². The van der Waals surface area contributed by atoms with E-state index in [0.29, 0.717) is 23.6 Å². The number of hydrogen-bond acceptors (Lipinski definition) is 15. The Bertz CT molecular complexity index is 1560. The number of benzene rings is 1. The number of carbonyl (C=O) groups excluding carboxylic acids is 6. The molecule has 3 aliphatic rings. The molecule has 0 aromatic heterocycles. The van der Waals surface area contributed by atoms with Crippen molar-refractivity contribution >= 4 is 53.5 Å². The molecule has 0 spiro atoms. The molecule has 4 rings (SSSR count). The van der Waals surface area contributed by atoms with Gasteiger partial charge in [0, 0.05) is 28.3 Å². The number of fused-ring (bicyclic) bond motifs is 1. The Morgan fingerprint density at radius 3 is 2.12 bits per heavy atom. The quantitative estimate of drug-likeness (QED) is 0.128. The number of ether oxygens (including phenoxy) is 6. The predicted molar refractivity (Wildman–Crippen MR) is 181 cm³/mol. The summed E-state index contributed by atoms with van der Waals surface area (Å²) in [6, 6.07) is 4.96. The van der Waals surface area contributed by atoms with Crippen molar-refractivity contribution in [3.8, 4) is 0 Å². The lowest BCUT2D eigenvalue weighted by molar-refractivity contribution is -0.167. The Morgan fingerprint density at radius 1 is 0.961 bits per heavy atom. The molecule has 0 unspecified atom stereocenters. The Kier molecular flexibility index (Phi) is 12.3. The third-order valence-corrected chi connectivity index (χ3v) is 9.39. The number of aliphatic hydroxyl groups excluding tert-OH is 1. The standard InChI is InChI=1S/C34H45N3O13S/c1-17-24-23(18(2)38)28(40)37(24)25(30(42)46-16-48-32(44)50-34(6,7)8)26(17)51-21-13-22(35-14-21)27(39)36-20-11-9-10-19(12-20)29(41)45-15-47-31(43)49-33(3,4)5/h9-12,17-18,21-24,35,38H,13-16H2,1-8H3,(H,36,39)/t17-,18-,21+,22+,23-,24-/m1/s1. The first-order valence-electron chi connectivity index (χ1n) is 16.4. The van der Waals surface area contributed by atoms with Gasteiger partial charge in [-0.15, -0.1) is 11.8 Å². The van der Waals surface area contributed by atoms with Crippen molar-refractivity contribution in [2.24, 2.45) is 11.8 Å². The molecule has 16 nitrogen and oxygen atoms in total. The van der Waals surface area contributed by atoms with Gasteiger partial charge in [0.25, 0.3) is 0 Å². The summed E-state index contributed by atoms with van der Waals surface area (Å²) in [5, 5.41) is 16.1. The molecular weight excluding hydrogens is 690 g/mol. The Balaban J connectivity index is 1.36. The number of aliphatic hydroxyl groups is 1. The van der Waals surface area contributed by atoms with Gasteiger partial charge in [0.15, 0.2) is 0 Å². The van der Waals surface area contributed by atoms with Crippen LogP contribution in [0.4, 0.5) is 15.3 Å². The average Bonchev–Trinajstić information content (AvgIpc) is 3.56. The lowest BCUT2D eigenvalue weighted by Gasteiger charge is -2.46. The monoisotopic (exact) mass is 735 g/mol. The number of esters is 2. The highest BCUT2D eigenvalue weighted by Crippen LogP contribution is 2.52. The highest BCUT2D eigenvalue weighted by molar-refractivity contribution is 8.03. The minimum absolute atomic E-state index is 0.0142. The van der Waals surface area contributed by atoms with Crippen LogP contribution in [0.15, 0.2) is 34.9 Å². The van der Waals surface area contributed by atoms with Crippen LogP contribution in [-0.2, 0) is 42.8 Å². The third kappa shape index (κ3) is 10.1. The summed E-state index contributed by atoms with van der Waals surface area (Å²) in [7, 11) is 0. The number of hydrogen-bond donors (Lipinski definition) is 3. The molecule has 2 fully saturated rings. The highest BCUT2D eigenvalue weighted by atomic mass is 32.2. The summed E-state index contributed by atoms with van der Waals surface area (Å²) < 4.78 is 29.9. The van der Waals surface area contributed by atoms with E-state index >= 15 is 0 Å². The van der Waals surface area contributed by atoms with Gasteiger partial charge in [-0.3, -0.25) is 9.59 Å². The molecule has 280 valence electrons. The zero-order chi connectivity index (χ0) is 37.8. The van der Waals surface area contributed by atoms with E-state index in [1.807, 2.05) is 6.92 Å². The number of thioether (sulfide) groups is 1. The van der Waals surface area contributed by atoms with Crippen LogP contribution < -0.4 is 10.6 Å². The van der Waals surface area contributed by atoms with Crippen LogP contribution in [-0.4, -0.2) is 101 Å². The van der Waals surface area contributed by atoms with Gasteiger partial charge in [0.1, 0.15) is 16.9 Å². The van der Waals surface area contributed by atoms with Crippen molar-refractivity contribution in [2.45, 2.75) is 96.5 Å². The number of amides is 2. The first-order valence-corrected chi connectivity index (χ1v) is 17.3. The van der Waals surface area contributed by atoms with Crippen molar-refractivity contribution in [1.82, 2.24) is 10.2 Å². The van der Waals surface area contributed by atoms with E-state index in [4.69, 9.17) is 28.4 Å². The van der Waals surface area contributed by atoms with Gasteiger partial charge >= 0.3 is 24.2 Å². The van der Waals surface area contributed by atoms with E-state index in [1.165, 1.54) is 35.7 Å². The molecule has 3 heterocycles. The fraction of sp³-hybridized carbons (Fsp3) is 0.588. The maximum atomic E-state index is 13.3. The van der Waals surface area contributed by atoms with Crippen LogP contribution in [0.5, 0.6) is 0 Å². The summed E-state index contributed by atoms with van der Waals surface area (Å²) in [5.74, 6) is -3.46. The molecule has 0 radical (unpaired) electrons. The first-order chi connectivity index (χ1) is 23.8. The van der Waals surface area contributed by atoms with Crippen molar-refractivity contribution in [2.75, 3.05) is 25.4 Å². The summed E-state index contributed by atoms with van der Waals surface area (Å²) in [5.41, 5.74) is -1.13. The molecule has 0 saturated carbocycles. The van der Waals surface area contributed by atoms with Gasteiger partial charge in [0.2, 0.25) is 25.4 Å². The van der Waals surface area contributed by atoms with Crippen molar-refractivity contribution in [3.63, 3.8) is 0 Å². The van der Waals surface area contributed by atoms with Crippen LogP contribution in [0.3, 0.4) is 0 Å².